The Morgan fingerprint density at radius 1 is 0.493 bits per heavy atom. The van der Waals surface area contributed by atoms with Gasteiger partial charge in [-0.3, -0.25) is 43.2 Å². The summed E-state index contributed by atoms with van der Waals surface area (Å²) in [4.78, 5) is 167. The van der Waals surface area contributed by atoms with E-state index in [0.29, 0.717) is 12.8 Å². The summed E-state index contributed by atoms with van der Waals surface area (Å²) in [5.41, 5.74) is 0.0704. The first-order valence-electron chi connectivity index (χ1n) is 52.3. The summed E-state index contributed by atoms with van der Waals surface area (Å²) in [6, 6.07) is 12.0. The Bertz CT molecular complexity index is 4200. The van der Waals surface area contributed by atoms with Crippen LogP contribution >= 0.6 is 0 Å². The van der Waals surface area contributed by atoms with Gasteiger partial charge in [0.15, 0.2) is 31.3 Å². The number of hydrogen-bond donors (Lipinski definition) is 4. The Hall–Kier alpha value is -8.62. The molecule has 4 N–H and O–H groups in total. The monoisotopic (exact) mass is 2000 g/mol. The maximum absolute atomic E-state index is 15.7. The van der Waals surface area contributed by atoms with Gasteiger partial charge in [0.25, 0.3) is 5.79 Å². The highest BCUT2D eigenvalue weighted by Gasteiger charge is 2.62. The fraction of sp³-hybridized carbons (Fsp3) is 0.757. The van der Waals surface area contributed by atoms with Crippen LogP contribution in [0.2, 0.25) is 0 Å². The van der Waals surface area contributed by atoms with E-state index in [9.17, 15) is 57.8 Å². The minimum atomic E-state index is -2.60. The first-order valence-corrected chi connectivity index (χ1v) is 52.3. The van der Waals surface area contributed by atoms with Crippen LogP contribution in [0.5, 0.6) is 0 Å². The number of allylic oxidation sites excluding steroid dienone is 1. The van der Waals surface area contributed by atoms with Gasteiger partial charge in [0, 0.05) is 72.1 Å². The van der Waals surface area contributed by atoms with Crippen molar-refractivity contribution in [2.45, 2.75) is 431 Å². The maximum atomic E-state index is 15.7. The number of methoxy groups -OCH3 is 1. The van der Waals surface area contributed by atoms with Crippen LogP contribution in [0.25, 0.3) is 0 Å². The molecular weight excluding hydrogens is 1840 g/mol. The number of aliphatic hydroxyl groups excluding tert-OH is 1. The average Bonchev–Trinajstić information content (AvgIpc) is 0.745. The van der Waals surface area contributed by atoms with E-state index < -0.39 is 275 Å². The summed E-state index contributed by atoms with van der Waals surface area (Å²) in [6.07, 6.45) is 4.99. The number of ether oxygens (including phenoxy) is 19. The van der Waals surface area contributed by atoms with E-state index >= 15 is 4.79 Å². The number of hydrogen-bond acceptors (Lipinski definition) is 32. The topological polar surface area (TPSA) is 437 Å². The molecule has 142 heavy (non-hydrogen) atoms. The molecule has 6 fully saturated rings. The molecule has 0 aromatic heterocycles. The van der Waals surface area contributed by atoms with Crippen LogP contribution in [0.4, 0.5) is 0 Å². The van der Waals surface area contributed by atoms with Crippen molar-refractivity contribution < 1.29 is 153 Å². The number of unbranched alkanes of at least 4 members (excludes halogenated alkanes) is 25. The lowest BCUT2D eigenvalue weighted by Crippen LogP contribution is -2.69. The molecule has 8 rings (SSSR count). The van der Waals surface area contributed by atoms with E-state index in [1.807, 2.05) is 33.8 Å². The normalized spacial score (nSPS) is 30.2. The van der Waals surface area contributed by atoms with E-state index in [4.69, 9.17) is 90.0 Å². The number of esters is 9. The van der Waals surface area contributed by atoms with Gasteiger partial charge >= 0.3 is 53.7 Å². The SMILES string of the molecule is CCCCCCCCCCCCC/C=C/[C@H]1OC(=O)CCC(=O)OC[C@@H]2O[C@@H](OC[C@@H]1NC(=O)CCCCCCCCCCCCCCCCC)C(OC(=O)c1ccccc1)C(O)[C@@H]2O[C@@H]1OC(COC(=O)c2ccccc2)[C@H](O[C@@H]2OC(COC(C)=O)[C@H](C)[C@H](O[C@@H]3OC(COC(C)=O)[C@H](C)[C@H](C)C3NC(C)=O)C2NC(C)=O)[C@H](O[C@]2(C(=O)OC)CC(C)[C@@H](C)[C@H]([C@H](C)[C@@H](COC(C)=O)OC(C)=O)O2)C1C. The zero-order valence-electron chi connectivity index (χ0n) is 86.8. The summed E-state index contributed by atoms with van der Waals surface area (Å²) >= 11 is 0. The van der Waals surface area contributed by atoms with Crippen molar-refractivity contribution in [3.63, 3.8) is 0 Å². The van der Waals surface area contributed by atoms with E-state index in [1.54, 1.807) is 56.3 Å². The van der Waals surface area contributed by atoms with Gasteiger partial charge in [-0.1, -0.05) is 259 Å². The average molecular weight is 2010 g/mol. The quantitative estimate of drug-likeness (QED) is 0.0207. The van der Waals surface area contributed by atoms with Gasteiger partial charge in [-0.2, -0.15) is 0 Å². The van der Waals surface area contributed by atoms with Crippen LogP contribution in [0, 0.1) is 41.4 Å². The van der Waals surface area contributed by atoms with Crippen LogP contribution in [-0.4, -0.2) is 252 Å². The van der Waals surface area contributed by atoms with Crippen LogP contribution in [0.15, 0.2) is 72.8 Å². The van der Waals surface area contributed by atoms with Gasteiger partial charge in [0.05, 0.1) is 80.3 Å². The number of benzene rings is 2. The number of carbonyl (C=O) groups excluding carboxylic acids is 12. The molecule has 35 nitrogen and oxygen atoms in total. The number of cyclic esters (lactones) is 2. The highest BCUT2D eigenvalue weighted by Crippen LogP contribution is 2.48. The van der Waals surface area contributed by atoms with Gasteiger partial charge in [0.2, 0.25) is 17.7 Å². The predicted molar refractivity (Wildman–Crippen MR) is 519 cm³/mol. The van der Waals surface area contributed by atoms with Crippen LogP contribution in [0.3, 0.4) is 0 Å². The standard InChI is InChI=1S/C107H165N3O32/c1-17-19-21-23-25-27-29-31-32-34-36-38-40-42-50-56-88(117)110-81-60-130-105-99(137-101(122)80-53-47-44-48-54-80)93(120)97(86(136-105)64-128-89(118)57-58-90(119)132-82(81)55-49-41-39-37-35-33-30-28-26-24-22-20-18-2)139-102-72(9)96(142-107(106(123)124-16)59-66(3)67(4)94(141-107)70(7)84(131-78(15)116)62-126-76(13)114)98(87(135-102)65-129-100(121)79-51-45-43-46-52-79)140-104-92(109-74(11)112)95(71(8)85(134-104)63-127-77(14)115)138-103-91(108-73(10)111)69(6)68(5)83(133-103)61-125-75(12)113/h43-49,51-55,66-72,81-87,91-99,102-105,120H,17-42,50,56-65H2,1-16H3,(H,108,111)(H,109,112)(H,110,117)/b55-49+/t66?,67-,68-,69+,70-,71+,72?,81+,82-,83?,84-,85?,86+,87?,91?,92?,93?,94-,95+,96-,97-,98+,99?,102+,103+,104+,105-,107+/m1/s1. The molecular formula is C107H165N3O32. The third kappa shape index (κ3) is 38.3. The molecule has 28 atom stereocenters. The molecule has 800 valence electrons. The molecule has 6 aliphatic heterocycles. The third-order valence-electron chi connectivity index (χ3n) is 28.1. The van der Waals surface area contributed by atoms with Gasteiger partial charge in [-0.15, -0.1) is 0 Å². The smallest absolute Gasteiger partial charge is 0.366 e. The summed E-state index contributed by atoms with van der Waals surface area (Å²) in [5.74, 6) is -17.0. The minimum absolute atomic E-state index is 0.0144. The highest BCUT2D eigenvalue weighted by atomic mass is 16.8. The fourth-order valence-electron chi connectivity index (χ4n) is 19.5. The van der Waals surface area contributed by atoms with Crippen molar-refractivity contribution in [2.24, 2.45) is 41.4 Å². The second-order valence-electron chi connectivity index (χ2n) is 39.5. The van der Waals surface area contributed by atoms with Crippen molar-refractivity contribution in [3.05, 3.63) is 83.9 Å². The second-order valence-corrected chi connectivity index (χ2v) is 39.5. The third-order valence-corrected chi connectivity index (χ3v) is 28.1. The summed E-state index contributed by atoms with van der Waals surface area (Å²) in [6.45, 7) is 20.7. The molecule has 0 aliphatic carbocycles. The highest BCUT2D eigenvalue weighted by molar-refractivity contribution is 5.90. The van der Waals surface area contributed by atoms with Crippen molar-refractivity contribution in [1.82, 2.24) is 16.0 Å². The summed E-state index contributed by atoms with van der Waals surface area (Å²) in [5, 5.41) is 22.7. The van der Waals surface area contributed by atoms with E-state index in [1.165, 1.54) is 169 Å². The molecule has 2 bridgehead atoms. The number of rotatable bonds is 55. The fourth-order valence-corrected chi connectivity index (χ4v) is 19.5. The Balaban J connectivity index is 1.25. The number of nitrogens with one attached hydrogen (secondary N) is 3. The van der Waals surface area contributed by atoms with Crippen molar-refractivity contribution in [1.29, 1.82) is 0 Å². The molecule has 0 spiro atoms. The molecule has 9 unspecified atom stereocenters. The largest absolute Gasteiger partial charge is 0.465 e. The van der Waals surface area contributed by atoms with E-state index in [0.717, 1.165) is 71.3 Å². The second kappa shape index (κ2) is 62.4. The van der Waals surface area contributed by atoms with Gasteiger partial charge < -0.3 is 111 Å². The van der Waals surface area contributed by atoms with Crippen LogP contribution < -0.4 is 16.0 Å². The summed E-state index contributed by atoms with van der Waals surface area (Å²) < 4.78 is 124. The Morgan fingerprint density at radius 3 is 1.53 bits per heavy atom. The Labute approximate surface area is 839 Å². The van der Waals surface area contributed by atoms with Crippen LogP contribution in [-0.2, 0) is 138 Å². The zero-order valence-corrected chi connectivity index (χ0v) is 86.8. The van der Waals surface area contributed by atoms with Gasteiger partial charge in [-0.05, 0) is 73.3 Å². The lowest BCUT2D eigenvalue weighted by molar-refractivity contribution is -0.394. The lowest BCUT2D eigenvalue weighted by Gasteiger charge is -2.54. The lowest BCUT2D eigenvalue weighted by atomic mass is 9.76. The minimum Gasteiger partial charge on any atom is -0.465 e. The molecule has 6 aliphatic rings. The molecule has 6 heterocycles. The number of aliphatic hydroxyl groups is 1. The van der Waals surface area contributed by atoms with E-state index in [2.05, 4.69) is 29.8 Å². The predicted octanol–water partition coefficient (Wildman–Crippen LogP) is 14.9. The molecule has 35 heteroatoms. The first kappa shape index (κ1) is 119. The first-order chi connectivity index (χ1) is 68.1. The summed E-state index contributed by atoms with van der Waals surface area (Å²) in [7, 11) is 1.09. The maximum Gasteiger partial charge on any atom is 0.366 e. The Morgan fingerprint density at radius 2 is 0.986 bits per heavy atom. The van der Waals surface area contributed by atoms with Crippen molar-refractivity contribution in [3.8, 4) is 0 Å². The molecule has 0 radical (unpaired) electrons. The van der Waals surface area contributed by atoms with E-state index in [-0.39, 0.29) is 42.4 Å². The number of fused-ring (bicyclic) bond motifs is 2. The zero-order chi connectivity index (χ0) is 103. The van der Waals surface area contributed by atoms with Crippen molar-refractivity contribution in [2.75, 3.05) is 46.8 Å². The molecule has 6 saturated heterocycles. The molecule has 2 aromatic rings. The Kier molecular flexibility index (Phi) is 52.1. The molecule has 0 saturated carbocycles. The van der Waals surface area contributed by atoms with Crippen molar-refractivity contribution >= 4 is 71.4 Å². The molecule has 2 aromatic carbocycles. The molecule has 3 amide bonds. The number of amides is 3. The van der Waals surface area contributed by atoms with Gasteiger partial charge in [0.1, 0.15) is 81.8 Å². The number of carbonyl (C=O) groups is 12. The van der Waals surface area contributed by atoms with Gasteiger partial charge in [-0.25, -0.2) is 14.4 Å². The van der Waals surface area contributed by atoms with Crippen LogP contribution in [0.1, 0.15) is 324 Å².